The monoisotopic (exact) mass is 140 g/mol. The lowest BCUT2D eigenvalue weighted by molar-refractivity contribution is 0.0400. The van der Waals surface area contributed by atoms with Crippen LogP contribution < -0.4 is 0 Å². The highest BCUT2D eigenvalue weighted by Gasteiger charge is 2.16. The zero-order valence-electron chi connectivity index (χ0n) is 6.51. The second-order valence-corrected chi connectivity index (χ2v) is 2.85. The highest BCUT2D eigenvalue weighted by molar-refractivity contribution is 4.71. The second kappa shape index (κ2) is 4.73. The van der Waals surface area contributed by atoms with Crippen LogP contribution in [0.3, 0.4) is 0 Å². The number of hydrogen-bond acceptors (Lipinski definition) is 1. The van der Waals surface area contributed by atoms with Crippen molar-refractivity contribution in [2.75, 3.05) is 0 Å². The van der Waals surface area contributed by atoms with Gasteiger partial charge in [-0.15, -0.1) is 0 Å². The molecule has 0 unspecified atom stereocenters. The molecule has 1 heteroatoms. The first-order chi connectivity index (χ1) is 4.93. The summed E-state index contributed by atoms with van der Waals surface area (Å²) in [6, 6.07) is 0. The molecule has 2 radical (unpaired) electrons. The maximum Gasteiger partial charge on any atom is 0.0840 e. The molecule has 1 fully saturated rings. The van der Waals surface area contributed by atoms with Crippen molar-refractivity contribution in [2.24, 2.45) is 0 Å². The number of unbranched alkanes of at least 4 members (excludes halogenated alkanes) is 2. The van der Waals surface area contributed by atoms with E-state index in [-0.39, 0.29) is 0 Å². The van der Waals surface area contributed by atoms with Crippen LogP contribution in [0.15, 0.2) is 0 Å². The van der Waals surface area contributed by atoms with Crippen molar-refractivity contribution in [1.29, 1.82) is 0 Å². The van der Waals surface area contributed by atoms with Crippen molar-refractivity contribution in [3.8, 4) is 0 Å². The highest BCUT2D eigenvalue weighted by Crippen LogP contribution is 2.23. The molecule has 0 aliphatic heterocycles. The van der Waals surface area contributed by atoms with E-state index in [4.69, 9.17) is 4.74 Å². The van der Waals surface area contributed by atoms with Crippen LogP contribution in [-0.2, 0) is 4.74 Å². The molecule has 1 aliphatic carbocycles. The van der Waals surface area contributed by atoms with Crippen LogP contribution in [-0.4, -0.2) is 6.10 Å². The maximum absolute atomic E-state index is 5.43. The molecular weight excluding hydrogens is 124 g/mol. The summed E-state index contributed by atoms with van der Waals surface area (Å²) in [6.45, 7) is 5.71. The van der Waals surface area contributed by atoms with E-state index >= 15 is 0 Å². The fourth-order valence-electron chi connectivity index (χ4n) is 0.939. The average molecular weight is 140 g/mol. The zero-order valence-corrected chi connectivity index (χ0v) is 6.51. The van der Waals surface area contributed by atoms with Gasteiger partial charge in [0.15, 0.2) is 0 Å². The Morgan fingerprint density at radius 2 is 2.30 bits per heavy atom. The standard InChI is InChI=1S/C9H16O/c1-2-3-4-8-10-9-6-5-7-9/h8-9H,1-7H2. The lowest BCUT2D eigenvalue weighted by Crippen LogP contribution is -2.20. The molecule has 0 aromatic carbocycles. The number of rotatable bonds is 5. The summed E-state index contributed by atoms with van der Waals surface area (Å²) in [5, 5.41) is 0. The summed E-state index contributed by atoms with van der Waals surface area (Å²) in [5.74, 6) is 0. The predicted molar refractivity (Wildman–Crippen MR) is 42.2 cm³/mol. The number of ether oxygens (including phenoxy) is 1. The molecule has 0 amide bonds. The van der Waals surface area contributed by atoms with Gasteiger partial charge >= 0.3 is 0 Å². The molecule has 0 spiro atoms. The molecule has 1 aliphatic rings. The van der Waals surface area contributed by atoms with Crippen molar-refractivity contribution in [1.82, 2.24) is 0 Å². The van der Waals surface area contributed by atoms with E-state index in [0.717, 1.165) is 19.3 Å². The Hall–Kier alpha value is -0.0400. The fraction of sp³-hybridized carbons (Fsp3) is 0.778. The molecule has 1 nitrogen and oxygen atoms in total. The van der Waals surface area contributed by atoms with E-state index in [1.54, 1.807) is 0 Å². The van der Waals surface area contributed by atoms with Crippen molar-refractivity contribution in [3.05, 3.63) is 13.5 Å². The fourth-order valence-corrected chi connectivity index (χ4v) is 0.939. The van der Waals surface area contributed by atoms with Gasteiger partial charge in [0.1, 0.15) is 0 Å². The Morgan fingerprint density at radius 1 is 1.50 bits per heavy atom. The SMILES string of the molecule is [CH2]CCC[CH]OC1CCC1. The van der Waals surface area contributed by atoms with Gasteiger partial charge in [-0.1, -0.05) is 19.8 Å². The van der Waals surface area contributed by atoms with Crippen LogP contribution in [0.5, 0.6) is 0 Å². The lowest BCUT2D eigenvalue weighted by atomic mass is 9.96. The van der Waals surface area contributed by atoms with Crippen LogP contribution in [0, 0.1) is 13.5 Å². The summed E-state index contributed by atoms with van der Waals surface area (Å²) in [4.78, 5) is 0. The van der Waals surface area contributed by atoms with E-state index in [1.165, 1.54) is 19.3 Å². The van der Waals surface area contributed by atoms with Crippen LogP contribution in [0.4, 0.5) is 0 Å². The Labute approximate surface area is 63.8 Å². The van der Waals surface area contributed by atoms with Crippen LogP contribution in [0.2, 0.25) is 0 Å². The van der Waals surface area contributed by atoms with Gasteiger partial charge in [0.2, 0.25) is 0 Å². The van der Waals surface area contributed by atoms with Crippen molar-refractivity contribution in [2.45, 2.75) is 44.6 Å². The second-order valence-electron chi connectivity index (χ2n) is 2.85. The van der Waals surface area contributed by atoms with Gasteiger partial charge in [-0.3, -0.25) is 0 Å². The average Bonchev–Trinajstić information content (AvgIpc) is 1.84. The molecule has 58 valence electrons. The zero-order chi connectivity index (χ0) is 7.23. The minimum absolute atomic E-state index is 0.560. The molecule has 10 heavy (non-hydrogen) atoms. The molecular formula is C9H16O. The Balaban J connectivity index is 1.76. The third kappa shape index (κ3) is 2.70. The molecule has 0 aromatic heterocycles. The topological polar surface area (TPSA) is 9.23 Å². The van der Waals surface area contributed by atoms with Crippen molar-refractivity contribution in [3.63, 3.8) is 0 Å². The summed E-state index contributed by atoms with van der Waals surface area (Å²) < 4.78 is 5.43. The Bertz CT molecular complexity index is 76.8. The van der Waals surface area contributed by atoms with E-state index in [9.17, 15) is 0 Å². The smallest absolute Gasteiger partial charge is 0.0840 e. The third-order valence-corrected chi connectivity index (χ3v) is 1.91. The van der Waals surface area contributed by atoms with Gasteiger partial charge in [0.05, 0.1) is 12.7 Å². The van der Waals surface area contributed by atoms with Gasteiger partial charge in [-0.25, -0.2) is 0 Å². The first-order valence-corrected chi connectivity index (χ1v) is 4.20. The molecule has 0 atom stereocenters. The molecule has 0 saturated heterocycles. The normalized spacial score (nSPS) is 18.9. The quantitative estimate of drug-likeness (QED) is 0.533. The van der Waals surface area contributed by atoms with Crippen LogP contribution in [0.1, 0.15) is 38.5 Å². The Morgan fingerprint density at radius 3 is 2.80 bits per heavy atom. The van der Waals surface area contributed by atoms with Crippen LogP contribution in [0.25, 0.3) is 0 Å². The maximum atomic E-state index is 5.43. The molecule has 1 rings (SSSR count). The molecule has 0 heterocycles. The van der Waals surface area contributed by atoms with E-state index in [1.807, 2.05) is 6.61 Å². The summed E-state index contributed by atoms with van der Waals surface area (Å²) in [7, 11) is 0. The van der Waals surface area contributed by atoms with Gasteiger partial charge in [-0.05, 0) is 25.7 Å². The molecule has 0 N–H and O–H groups in total. The van der Waals surface area contributed by atoms with Crippen molar-refractivity contribution < 1.29 is 4.74 Å². The van der Waals surface area contributed by atoms with E-state index in [0.29, 0.717) is 6.10 Å². The van der Waals surface area contributed by atoms with Gasteiger partial charge in [-0.2, -0.15) is 0 Å². The summed E-state index contributed by atoms with van der Waals surface area (Å²) in [6.07, 6.45) is 7.69. The first kappa shape index (κ1) is 8.06. The van der Waals surface area contributed by atoms with Gasteiger partial charge in [0.25, 0.3) is 0 Å². The van der Waals surface area contributed by atoms with E-state index in [2.05, 4.69) is 6.92 Å². The number of hydrogen-bond donors (Lipinski definition) is 0. The minimum atomic E-state index is 0.560. The van der Waals surface area contributed by atoms with Gasteiger partial charge in [0, 0.05) is 0 Å². The third-order valence-electron chi connectivity index (χ3n) is 1.91. The lowest BCUT2D eigenvalue weighted by Gasteiger charge is -2.24. The van der Waals surface area contributed by atoms with E-state index < -0.39 is 0 Å². The van der Waals surface area contributed by atoms with Crippen LogP contribution >= 0.6 is 0 Å². The van der Waals surface area contributed by atoms with Gasteiger partial charge < -0.3 is 4.74 Å². The predicted octanol–water partition coefficient (Wildman–Crippen LogP) is 2.72. The minimum Gasteiger partial charge on any atom is -0.372 e. The summed E-state index contributed by atoms with van der Waals surface area (Å²) >= 11 is 0. The first-order valence-electron chi connectivity index (χ1n) is 4.20. The largest absolute Gasteiger partial charge is 0.372 e. The van der Waals surface area contributed by atoms with Crippen molar-refractivity contribution >= 4 is 0 Å². The Kier molecular flexibility index (Phi) is 3.81. The molecule has 1 saturated carbocycles. The highest BCUT2D eigenvalue weighted by atomic mass is 16.5. The molecule has 0 aromatic rings. The summed E-state index contributed by atoms with van der Waals surface area (Å²) in [5.41, 5.74) is 0. The molecule has 0 bridgehead atoms.